The number of nitrogens with zero attached hydrogens (tertiary/aromatic N) is 2. The van der Waals surface area contributed by atoms with E-state index in [2.05, 4.69) is 10.1 Å². The molecule has 2 N–H and O–H groups in total. The molecule has 96 valence electrons. The van der Waals surface area contributed by atoms with Crippen molar-refractivity contribution in [3.8, 4) is 0 Å². The molecule has 18 heavy (non-hydrogen) atoms. The molecule has 0 spiro atoms. The molecule has 1 unspecified atom stereocenters. The van der Waals surface area contributed by atoms with E-state index in [0.717, 1.165) is 5.56 Å². The third kappa shape index (κ3) is 2.94. The predicted molar refractivity (Wildman–Crippen MR) is 66.9 cm³/mol. The van der Waals surface area contributed by atoms with Crippen molar-refractivity contribution in [3.05, 3.63) is 47.6 Å². The summed E-state index contributed by atoms with van der Waals surface area (Å²) in [7, 11) is 1.65. The van der Waals surface area contributed by atoms with E-state index in [9.17, 15) is 0 Å². The van der Waals surface area contributed by atoms with Crippen LogP contribution in [0.4, 0.5) is 0 Å². The van der Waals surface area contributed by atoms with Crippen molar-refractivity contribution in [2.45, 2.75) is 25.5 Å². The molecule has 0 radical (unpaired) electrons. The Balaban J connectivity index is 2.10. The molecular weight excluding hydrogens is 230 g/mol. The first-order valence-corrected chi connectivity index (χ1v) is 5.86. The average Bonchev–Trinajstić information content (AvgIpc) is 2.87. The van der Waals surface area contributed by atoms with Gasteiger partial charge in [-0.3, -0.25) is 0 Å². The number of nitrogens with two attached hydrogens (primary N) is 1. The van der Waals surface area contributed by atoms with Crippen molar-refractivity contribution in [1.82, 2.24) is 10.1 Å². The molecule has 0 aliphatic heterocycles. The number of aromatic nitrogens is 2. The highest BCUT2D eigenvalue weighted by Gasteiger charge is 2.17. The summed E-state index contributed by atoms with van der Waals surface area (Å²) in [6.45, 7) is 1.95. The molecule has 0 fully saturated rings. The van der Waals surface area contributed by atoms with E-state index in [1.807, 2.05) is 37.3 Å². The number of methoxy groups -OCH3 is 1. The van der Waals surface area contributed by atoms with Crippen LogP contribution in [0.3, 0.4) is 0 Å². The van der Waals surface area contributed by atoms with Crippen LogP contribution in [0, 0.1) is 0 Å². The number of hydrogen-bond acceptors (Lipinski definition) is 5. The van der Waals surface area contributed by atoms with Crippen molar-refractivity contribution in [2.75, 3.05) is 7.11 Å². The molecule has 0 bridgehead atoms. The number of rotatable bonds is 5. The summed E-state index contributed by atoms with van der Waals surface area (Å²) in [5.74, 6) is 1.05. The molecule has 0 saturated heterocycles. The Bertz CT molecular complexity index is 484. The van der Waals surface area contributed by atoms with Gasteiger partial charge in [0.2, 0.25) is 5.89 Å². The molecule has 1 aromatic carbocycles. The van der Waals surface area contributed by atoms with Crippen LogP contribution in [-0.4, -0.2) is 23.4 Å². The molecule has 2 rings (SSSR count). The minimum atomic E-state index is -0.384. The molecule has 1 aromatic heterocycles. The van der Waals surface area contributed by atoms with Gasteiger partial charge in [-0.1, -0.05) is 35.5 Å². The highest BCUT2D eigenvalue weighted by atomic mass is 16.5. The summed E-state index contributed by atoms with van der Waals surface area (Å²) in [4.78, 5) is 4.29. The van der Waals surface area contributed by atoms with Gasteiger partial charge in [0.05, 0.1) is 6.10 Å². The van der Waals surface area contributed by atoms with Crippen molar-refractivity contribution < 1.29 is 9.26 Å². The zero-order valence-electron chi connectivity index (χ0n) is 10.5. The fourth-order valence-electron chi connectivity index (χ4n) is 1.62. The summed E-state index contributed by atoms with van der Waals surface area (Å²) in [5, 5.41) is 3.90. The largest absolute Gasteiger partial charge is 0.381 e. The maximum Gasteiger partial charge on any atom is 0.248 e. The van der Waals surface area contributed by atoms with Crippen LogP contribution in [0.1, 0.15) is 30.2 Å². The van der Waals surface area contributed by atoms with E-state index >= 15 is 0 Å². The fourth-order valence-corrected chi connectivity index (χ4v) is 1.62. The van der Waals surface area contributed by atoms with E-state index in [4.69, 9.17) is 15.0 Å². The lowest BCUT2D eigenvalue weighted by molar-refractivity contribution is 0.116. The van der Waals surface area contributed by atoms with E-state index in [1.54, 1.807) is 7.11 Å². The molecule has 2 atom stereocenters. The second-order valence-corrected chi connectivity index (χ2v) is 4.19. The molecule has 0 amide bonds. The Labute approximate surface area is 106 Å². The first kappa shape index (κ1) is 12.7. The van der Waals surface area contributed by atoms with Gasteiger partial charge < -0.3 is 15.0 Å². The molecule has 0 aliphatic rings. The first-order valence-electron chi connectivity index (χ1n) is 5.86. The minimum Gasteiger partial charge on any atom is -0.381 e. The van der Waals surface area contributed by atoms with Crippen LogP contribution in [-0.2, 0) is 11.2 Å². The molecule has 1 heterocycles. The normalized spacial score (nSPS) is 14.4. The summed E-state index contributed by atoms with van der Waals surface area (Å²) in [6.07, 6.45) is 0.671. The van der Waals surface area contributed by atoms with Crippen molar-refractivity contribution in [1.29, 1.82) is 0 Å². The molecule has 5 heteroatoms. The molecule has 0 saturated carbocycles. The van der Waals surface area contributed by atoms with Crippen molar-refractivity contribution in [3.63, 3.8) is 0 Å². The van der Waals surface area contributed by atoms with Gasteiger partial charge in [-0.25, -0.2) is 0 Å². The standard InChI is InChI=1S/C13H17N3O2/c1-9(17-2)8-11-15-13(18-16-11)12(14)10-6-4-3-5-7-10/h3-7,9,12H,8,14H2,1-2H3/t9?,12-/m0/s1. The van der Waals surface area contributed by atoms with E-state index < -0.39 is 0 Å². The van der Waals surface area contributed by atoms with Gasteiger partial charge in [0.1, 0.15) is 6.04 Å². The Morgan fingerprint density at radius 1 is 1.33 bits per heavy atom. The third-order valence-electron chi connectivity index (χ3n) is 2.78. The minimum absolute atomic E-state index is 0.0587. The molecule has 2 aromatic rings. The zero-order valence-corrected chi connectivity index (χ0v) is 10.5. The monoisotopic (exact) mass is 247 g/mol. The summed E-state index contributed by atoms with van der Waals surface area (Å²) >= 11 is 0. The van der Waals surface area contributed by atoms with Crippen LogP contribution < -0.4 is 5.73 Å². The lowest BCUT2D eigenvalue weighted by atomic mass is 10.1. The van der Waals surface area contributed by atoms with E-state index in [1.165, 1.54) is 0 Å². The predicted octanol–water partition coefficient (Wildman–Crippen LogP) is 1.70. The van der Waals surface area contributed by atoms with Gasteiger partial charge in [0.15, 0.2) is 5.82 Å². The third-order valence-corrected chi connectivity index (χ3v) is 2.78. The SMILES string of the molecule is COC(C)Cc1noc([C@@H](N)c2ccccc2)n1. The maximum absolute atomic E-state index is 6.07. The second kappa shape index (κ2) is 5.75. The van der Waals surface area contributed by atoms with Gasteiger partial charge >= 0.3 is 0 Å². The van der Waals surface area contributed by atoms with Gasteiger partial charge in [-0.15, -0.1) is 0 Å². The highest BCUT2D eigenvalue weighted by molar-refractivity contribution is 5.22. The molecule has 0 aliphatic carbocycles. The number of hydrogen-bond donors (Lipinski definition) is 1. The smallest absolute Gasteiger partial charge is 0.248 e. The van der Waals surface area contributed by atoms with Gasteiger partial charge in [-0.2, -0.15) is 4.98 Å². The molecular formula is C13H17N3O2. The lowest BCUT2D eigenvalue weighted by Gasteiger charge is -2.06. The van der Waals surface area contributed by atoms with E-state index in [-0.39, 0.29) is 12.1 Å². The Hall–Kier alpha value is -1.72. The quantitative estimate of drug-likeness (QED) is 0.870. The average molecular weight is 247 g/mol. The number of benzene rings is 1. The summed E-state index contributed by atoms with van der Waals surface area (Å²) in [5.41, 5.74) is 7.02. The van der Waals surface area contributed by atoms with Gasteiger partial charge in [-0.05, 0) is 12.5 Å². The topological polar surface area (TPSA) is 74.2 Å². The van der Waals surface area contributed by atoms with Crippen LogP contribution in [0.5, 0.6) is 0 Å². The molecule has 5 nitrogen and oxygen atoms in total. The van der Waals surface area contributed by atoms with Crippen LogP contribution in [0.15, 0.2) is 34.9 Å². The Morgan fingerprint density at radius 3 is 2.72 bits per heavy atom. The fraction of sp³-hybridized carbons (Fsp3) is 0.385. The zero-order chi connectivity index (χ0) is 13.0. The Morgan fingerprint density at radius 2 is 2.06 bits per heavy atom. The van der Waals surface area contributed by atoms with Crippen LogP contribution in [0.25, 0.3) is 0 Å². The van der Waals surface area contributed by atoms with Crippen LogP contribution in [0.2, 0.25) is 0 Å². The summed E-state index contributed by atoms with van der Waals surface area (Å²) < 4.78 is 10.3. The second-order valence-electron chi connectivity index (χ2n) is 4.19. The van der Waals surface area contributed by atoms with Crippen LogP contribution >= 0.6 is 0 Å². The van der Waals surface area contributed by atoms with Gasteiger partial charge in [0, 0.05) is 13.5 Å². The van der Waals surface area contributed by atoms with Crippen molar-refractivity contribution >= 4 is 0 Å². The first-order chi connectivity index (χ1) is 8.70. The number of ether oxygens (including phenoxy) is 1. The highest BCUT2D eigenvalue weighted by Crippen LogP contribution is 2.17. The maximum atomic E-state index is 6.07. The summed E-state index contributed by atoms with van der Waals surface area (Å²) in [6, 6.07) is 9.29. The van der Waals surface area contributed by atoms with Crippen molar-refractivity contribution in [2.24, 2.45) is 5.73 Å². The van der Waals surface area contributed by atoms with E-state index in [0.29, 0.717) is 18.1 Å². The Kier molecular flexibility index (Phi) is 4.07. The lowest BCUT2D eigenvalue weighted by Crippen LogP contribution is -2.13. The van der Waals surface area contributed by atoms with Gasteiger partial charge in [0.25, 0.3) is 0 Å².